The first-order chi connectivity index (χ1) is 13.9. The molecule has 0 spiro atoms. The number of hydrogen-bond acceptors (Lipinski definition) is 4. The van der Waals surface area contributed by atoms with Crippen molar-refractivity contribution in [1.29, 1.82) is 0 Å². The van der Waals surface area contributed by atoms with Gasteiger partial charge in [0.15, 0.2) is 0 Å². The maximum atomic E-state index is 13.2. The van der Waals surface area contributed by atoms with E-state index in [0.717, 1.165) is 22.4 Å². The van der Waals surface area contributed by atoms with Crippen molar-refractivity contribution < 1.29 is 14.0 Å². The number of amides is 2. The molecule has 5 heteroatoms. The van der Waals surface area contributed by atoms with Gasteiger partial charge in [0.1, 0.15) is 11.5 Å². The Morgan fingerprint density at radius 3 is 2.31 bits per heavy atom. The van der Waals surface area contributed by atoms with Gasteiger partial charge in [-0.05, 0) is 55.7 Å². The van der Waals surface area contributed by atoms with E-state index >= 15 is 0 Å². The van der Waals surface area contributed by atoms with Crippen molar-refractivity contribution >= 4 is 23.1 Å². The van der Waals surface area contributed by atoms with Crippen LogP contribution in [0.15, 0.2) is 71.0 Å². The molecule has 29 heavy (non-hydrogen) atoms. The molecule has 2 amide bonds. The Labute approximate surface area is 169 Å². The maximum Gasteiger partial charge on any atom is 0.278 e. The summed E-state index contributed by atoms with van der Waals surface area (Å²) in [5.74, 6) is -0.131. The van der Waals surface area contributed by atoms with E-state index in [1.165, 1.54) is 11.2 Å². The molecule has 4 rings (SSSR count). The smallest absolute Gasteiger partial charge is 0.278 e. The van der Waals surface area contributed by atoms with Gasteiger partial charge in [-0.2, -0.15) is 0 Å². The normalized spacial score (nSPS) is 14.1. The number of anilines is 1. The molecule has 2 aromatic carbocycles. The van der Waals surface area contributed by atoms with Gasteiger partial charge in [0.2, 0.25) is 0 Å². The van der Waals surface area contributed by atoms with Crippen molar-refractivity contribution in [3.63, 3.8) is 0 Å². The topological polar surface area (TPSA) is 62.6 Å². The number of carbonyl (C=O) groups is 2. The van der Waals surface area contributed by atoms with Crippen molar-refractivity contribution in [3.05, 3.63) is 94.6 Å². The molecule has 0 saturated heterocycles. The summed E-state index contributed by atoms with van der Waals surface area (Å²) in [6.07, 6.45) is 1.53. The molecule has 0 bridgehead atoms. The quantitative estimate of drug-likeness (QED) is 0.651. The number of carbonyl (C=O) groups excluding carboxylic acids is 2. The van der Waals surface area contributed by atoms with E-state index < -0.39 is 0 Å². The van der Waals surface area contributed by atoms with E-state index in [0.29, 0.717) is 22.6 Å². The molecule has 0 fully saturated rings. The van der Waals surface area contributed by atoms with Crippen LogP contribution >= 0.6 is 0 Å². The Morgan fingerprint density at radius 2 is 1.62 bits per heavy atom. The highest BCUT2D eigenvalue weighted by molar-refractivity contribution is 6.36. The lowest BCUT2D eigenvalue weighted by molar-refractivity contribution is -0.137. The molecule has 0 radical (unpaired) electrons. The Hall–Kier alpha value is -3.60. The molecule has 0 atom stereocenters. The van der Waals surface area contributed by atoms with Crippen LogP contribution in [-0.2, 0) is 16.1 Å². The second-order valence-corrected chi connectivity index (χ2v) is 7.34. The Morgan fingerprint density at radius 1 is 0.897 bits per heavy atom. The van der Waals surface area contributed by atoms with Gasteiger partial charge in [-0.15, -0.1) is 0 Å². The number of furan rings is 1. The highest BCUT2D eigenvalue weighted by atomic mass is 16.3. The summed E-state index contributed by atoms with van der Waals surface area (Å²) in [7, 11) is 0. The van der Waals surface area contributed by atoms with E-state index in [-0.39, 0.29) is 18.4 Å². The summed E-state index contributed by atoms with van der Waals surface area (Å²) in [5.41, 5.74) is 5.34. The lowest BCUT2D eigenvalue weighted by Gasteiger charge is -2.14. The average Bonchev–Trinajstić information content (AvgIpc) is 3.29. The first kappa shape index (κ1) is 18.7. The number of imide groups is 1. The number of rotatable bonds is 5. The van der Waals surface area contributed by atoms with E-state index in [1.807, 2.05) is 63.2 Å². The predicted molar refractivity (Wildman–Crippen MR) is 112 cm³/mol. The van der Waals surface area contributed by atoms with Gasteiger partial charge >= 0.3 is 0 Å². The molecule has 2 heterocycles. The third kappa shape index (κ3) is 3.59. The zero-order valence-corrected chi connectivity index (χ0v) is 16.7. The van der Waals surface area contributed by atoms with Gasteiger partial charge in [-0.3, -0.25) is 14.5 Å². The van der Waals surface area contributed by atoms with Gasteiger partial charge in [-0.25, -0.2) is 0 Å². The van der Waals surface area contributed by atoms with Gasteiger partial charge in [0.05, 0.1) is 18.4 Å². The van der Waals surface area contributed by atoms with Crippen LogP contribution in [0.1, 0.15) is 28.0 Å². The second-order valence-electron chi connectivity index (χ2n) is 7.34. The SMILES string of the molecule is Cc1ccc(C2=C(Nc3cc(C)ccc3C)C(=O)N(Cc3ccco3)C2=O)cc1. The first-order valence-electron chi connectivity index (χ1n) is 9.48. The maximum absolute atomic E-state index is 13.2. The van der Waals surface area contributed by atoms with Crippen LogP contribution < -0.4 is 5.32 Å². The first-order valence-corrected chi connectivity index (χ1v) is 9.48. The zero-order chi connectivity index (χ0) is 20.5. The van der Waals surface area contributed by atoms with Crippen LogP contribution in [0, 0.1) is 20.8 Å². The highest BCUT2D eigenvalue weighted by Gasteiger charge is 2.39. The van der Waals surface area contributed by atoms with Crippen LogP contribution in [0.5, 0.6) is 0 Å². The molecule has 1 aliphatic rings. The van der Waals surface area contributed by atoms with Gasteiger partial charge in [0, 0.05) is 5.69 Å². The van der Waals surface area contributed by atoms with E-state index in [2.05, 4.69) is 5.32 Å². The summed E-state index contributed by atoms with van der Waals surface area (Å²) >= 11 is 0. The van der Waals surface area contributed by atoms with Crippen LogP contribution in [0.2, 0.25) is 0 Å². The fourth-order valence-corrected chi connectivity index (χ4v) is 3.39. The Balaban J connectivity index is 1.78. The summed E-state index contributed by atoms with van der Waals surface area (Å²) < 4.78 is 5.35. The summed E-state index contributed by atoms with van der Waals surface area (Å²) in [6.45, 7) is 6.04. The van der Waals surface area contributed by atoms with Gasteiger partial charge in [0.25, 0.3) is 11.8 Å². The highest BCUT2D eigenvalue weighted by Crippen LogP contribution is 2.32. The number of hydrogen-bond donors (Lipinski definition) is 1. The minimum absolute atomic E-state index is 0.0952. The monoisotopic (exact) mass is 386 g/mol. The number of nitrogens with zero attached hydrogens (tertiary/aromatic N) is 1. The molecular formula is C24H22N2O3. The van der Waals surface area contributed by atoms with Crippen LogP contribution in [0.3, 0.4) is 0 Å². The standard InChI is InChI=1S/C24H22N2O3/c1-15-7-10-18(11-8-15)21-22(25-20-13-16(2)6-9-17(20)3)24(28)26(23(21)27)14-19-5-4-12-29-19/h4-13,25H,14H2,1-3H3. The molecule has 0 aliphatic carbocycles. The van der Waals surface area contributed by atoms with Gasteiger partial charge < -0.3 is 9.73 Å². The Kier molecular flexibility index (Phi) is 4.80. The minimum atomic E-state index is -0.358. The molecule has 0 saturated carbocycles. The third-order valence-electron chi connectivity index (χ3n) is 5.06. The Bertz CT molecular complexity index is 1110. The van der Waals surface area contributed by atoms with E-state index in [1.54, 1.807) is 12.1 Å². The molecule has 1 aromatic heterocycles. The number of nitrogens with one attached hydrogen (secondary N) is 1. The van der Waals surface area contributed by atoms with Crippen molar-refractivity contribution in [2.45, 2.75) is 27.3 Å². The van der Waals surface area contributed by atoms with E-state index in [4.69, 9.17) is 4.42 Å². The predicted octanol–water partition coefficient (Wildman–Crippen LogP) is 4.60. The summed E-state index contributed by atoms with van der Waals surface area (Å²) in [4.78, 5) is 27.7. The van der Waals surface area contributed by atoms with Crippen LogP contribution in [-0.4, -0.2) is 16.7 Å². The fourth-order valence-electron chi connectivity index (χ4n) is 3.39. The fraction of sp³-hybridized carbons (Fsp3) is 0.167. The lowest BCUT2D eigenvalue weighted by Crippen LogP contribution is -2.31. The largest absolute Gasteiger partial charge is 0.467 e. The molecule has 1 N–H and O–H groups in total. The average molecular weight is 386 g/mol. The van der Waals surface area contributed by atoms with Gasteiger partial charge in [-0.1, -0.05) is 42.0 Å². The van der Waals surface area contributed by atoms with Crippen molar-refractivity contribution in [1.82, 2.24) is 4.90 Å². The number of aryl methyl sites for hydroxylation is 3. The molecule has 146 valence electrons. The molecule has 0 unspecified atom stereocenters. The lowest BCUT2D eigenvalue weighted by atomic mass is 10.0. The number of benzene rings is 2. The van der Waals surface area contributed by atoms with Crippen molar-refractivity contribution in [3.8, 4) is 0 Å². The summed E-state index contributed by atoms with van der Waals surface area (Å²) in [6, 6.07) is 17.1. The summed E-state index contributed by atoms with van der Waals surface area (Å²) in [5, 5.41) is 3.24. The molecule has 5 nitrogen and oxygen atoms in total. The van der Waals surface area contributed by atoms with E-state index in [9.17, 15) is 9.59 Å². The molecular weight excluding hydrogens is 364 g/mol. The molecule has 3 aromatic rings. The van der Waals surface area contributed by atoms with Crippen molar-refractivity contribution in [2.75, 3.05) is 5.32 Å². The van der Waals surface area contributed by atoms with Crippen LogP contribution in [0.25, 0.3) is 5.57 Å². The second kappa shape index (κ2) is 7.43. The zero-order valence-electron chi connectivity index (χ0n) is 16.7. The third-order valence-corrected chi connectivity index (χ3v) is 5.06. The van der Waals surface area contributed by atoms with Crippen molar-refractivity contribution in [2.24, 2.45) is 0 Å². The minimum Gasteiger partial charge on any atom is -0.467 e. The van der Waals surface area contributed by atoms with Crippen LogP contribution in [0.4, 0.5) is 5.69 Å². The molecule has 1 aliphatic heterocycles.